The van der Waals surface area contributed by atoms with Crippen LogP contribution in [0.3, 0.4) is 0 Å². The molecule has 0 aliphatic heterocycles. The number of ether oxygens (including phenoxy) is 1. The molecule has 2 aromatic rings. The molecule has 0 bridgehead atoms. The SMILES string of the molecule is COc1ccc(Cl)cc1C(N)c1cccc(C)c1Br. The molecule has 1 atom stereocenters. The van der Waals surface area contributed by atoms with Crippen LogP contribution in [0.1, 0.15) is 22.7 Å². The van der Waals surface area contributed by atoms with Crippen LogP contribution < -0.4 is 10.5 Å². The first-order valence-corrected chi connectivity index (χ1v) is 7.05. The van der Waals surface area contributed by atoms with E-state index in [2.05, 4.69) is 15.9 Å². The molecule has 0 spiro atoms. The number of hydrogen-bond acceptors (Lipinski definition) is 2. The molecule has 0 aromatic heterocycles. The van der Waals surface area contributed by atoms with E-state index in [0.717, 1.165) is 26.9 Å². The third-order valence-electron chi connectivity index (χ3n) is 3.08. The van der Waals surface area contributed by atoms with Gasteiger partial charge in [-0.2, -0.15) is 0 Å². The zero-order valence-electron chi connectivity index (χ0n) is 10.8. The predicted octanol–water partition coefficient (Wildman–Crippen LogP) is 4.47. The van der Waals surface area contributed by atoms with Crippen LogP contribution in [-0.2, 0) is 0 Å². The summed E-state index contributed by atoms with van der Waals surface area (Å²) in [6.07, 6.45) is 0. The second-order valence-electron chi connectivity index (χ2n) is 4.34. The van der Waals surface area contributed by atoms with Crippen LogP contribution in [0.2, 0.25) is 5.02 Å². The Morgan fingerprint density at radius 1 is 1.21 bits per heavy atom. The summed E-state index contributed by atoms with van der Waals surface area (Å²) in [5.74, 6) is 0.741. The minimum absolute atomic E-state index is 0.289. The first kappa shape index (κ1) is 14.4. The van der Waals surface area contributed by atoms with E-state index in [1.807, 2.05) is 37.3 Å². The normalized spacial score (nSPS) is 12.3. The van der Waals surface area contributed by atoms with E-state index >= 15 is 0 Å². The van der Waals surface area contributed by atoms with Gasteiger partial charge < -0.3 is 10.5 Å². The van der Waals surface area contributed by atoms with E-state index in [1.165, 1.54) is 0 Å². The Kier molecular flexibility index (Phi) is 4.50. The summed E-state index contributed by atoms with van der Waals surface area (Å²) in [6, 6.07) is 11.2. The largest absolute Gasteiger partial charge is 0.496 e. The summed E-state index contributed by atoms with van der Waals surface area (Å²) in [6.45, 7) is 2.04. The fourth-order valence-corrected chi connectivity index (χ4v) is 2.72. The number of hydrogen-bond donors (Lipinski definition) is 1. The van der Waals surface area contributed by atoms with E-state index in [1.54, 1.807) is 13.2 Å². The molecule has 0 aliphatic rings. The maximum absolute atomic E-state index is 6.36. The third-order valence-corrected chi connectivity index (χ3v) is 4.40. The van der Waals surface area contributed by atoms with Crippen molar-refractivity contribution in [3.8, 4) is 5.75 Å². The van der Waals surface area contributed by atoms with E-state index in [-0.39, 0.29) is 6.04 Å². The Balaban J connectivity index is 2.52. The molecule has 0 aliphatic carbocycles. The minimum Gasteiger partial charge on any atom is -0.496 e. The quantitative estimate of drug-likeness (QED) is 0.895. The monoisotopic (exact) mass is 339 g/mol. The molecule has 0 radical (unpaired) electrons. The maximum atomic E-state index is 6.36. The van der Waals surface area contributed by atoms with E-state index in [4.69, 9.17) is 22.1 Å². The zero-order chi connectivity index (χ0) is 14.0. The Labute approximate surface area is 126 Å². The van der Waals surface area contributed by atoms with Crippen molar-refractivity contribution < 1.29 is 4.74 Å². The molecule has 2 aromatic carbocycles. The molecule has 0 saturated carbocycles. The van der Waals surface area contributed by atoms with Gasteiger partial charge in [-0.1, -0.05) is 45.7 Å². The number of halogens is 2. The van der Waals surface area contributed by atoms with Gasteiger partial charge in [0.05, 0.1) is 13.2 Å². The summed E-state index contributed by atoms with van der Waals surface area (Å²) in [5.41, 5.74) is 9.40. The lowest BCUT2D eigenvalue weighted by Gasteiger charge is -2.18. The van der Waals surface area contributed by atoms with Crippen LogP contribution in [0.25, 0.3) is 0 Å². The van der Waals surface area contributed by atoms with Crippen molar-refractivity contribution in [2.75, 3.05) is 7.11 Å². The van der Waals surface area contributed by atoms with Crippen LogP contribution in [0.5, 0.6) is 5.75 Å². The molecule has 2 N–H and O–H groups in total. The summed E-state index contributed by atoms with van der Waals surface area (Å²) >= 11 is 9.64. The topological polar surface area (TPSA) is 35.2 Å². The lowest BCUT2D eigenvalue weighted by molar-refractivity contribution is 0.408. The third kappa shape index (κ3) is 2.94. The minimum atomic E-state index is -0.289. The molecular weight excluding hydrogens is 326 g/mol. The fourth-order valence-electron chi connectivity index (χ4n) is 2.03. The van der Waals surface area contributed by atoms with Crippen molar-refractivity contribution in [3.05, 3.63) is 62.6 Å². The molecule has 0 saturated heterocycles. The molecule has 2 nitrogen and oxygen atoms in total. The number of rotatable bonds is 3. The Bertz CT molecular complexity index is 601. The fraction of sp³-hybridized carbons (Fsp3) is 0.200. The van der Waals surface area contributed by atoms with Gasteiger partial charge in [-0.15, -0.1) is 0 Å². The van der Waals surface area contributed by atoms with Crippen LogP contribution >= 0.6 is 27.5 Å². The summed E-state index contributed by atoms with van der Waals surface area (Å²) in [5, 5.41) is 0.648. The summed E-state index contributed by atoms with van der Waals surface area (Å²) in [7, 11) is 1.63. The number of nitrogens with two attached hydrogens (primary N) is 1. The van der Waals surface area contributed by atoms with Gasteiger partial charge >= 0.3 is 0 Å². The first-order valence-electron chi connectivity index (χ1n) is 5.88. The smallest absolute Gasteiger partial charge is 0.124 e. The Morgan fingerprint density at radius 2 is 1.95 bits per heavy atom. The van der Waals surface area contributed by atoms with E-state index < -0.39 is 0 Å². The van der Waals surface area contributed by atoms with Gasteiger partial charge in [-0.25, -0.2) is 0 Å². The first-order chi connectivity index (χ1) is 9.04. The van der Waals surface area contributed by atoms with Crippen molar-refractivity contribution in [3.63, 3.8) is 0 Å². The van der Waals surface area contributed by atoms with Crippen LogP contribution in [-0.4, -0.2) is 7.11 Å². The summed E-state index contributed by atoms with van der Waals surface area (Å²) < 4.78 is 6.38. The van der Waals surface area contributed by atoms with Crippen molar-refractivity contribution in [2.24, 2.45) is 5.73 Å². The van der Waals surface area contributed by atoms with E-state index in [0.29, 0.717) is 5.02 Å². The van der Waals surface area contributed by atoms with E-state index in [9.17, 15) is 0 Å². The van der Waals surface area contributed by atoms with Crippen molar-refractivity contribution in [1.82, 2.24) is 0 Å². The second kappa shape index (κ2) is 5.95. The van der Waals surface area contributed by atoms with Gasteiger partial charge in [0.2, 0.25) is 0 Å². The average Bonchev–Trinajstić information content (AvgIpc) is 2.41. The maximum Gasteiger partial charge on any atom is 0.124 e. The zero-order valence-corrected chi connectivity index (χ0v) is 13.1. The van der Waals surface area contributed by atoms with Crippen molar-refractivity contribution >= 4 is 27.5 Å². The van der Waals surface area contributed by atoms with Gasteiger partial charge in [0.15, 0.2) is 0 Å². The highest BCUT2D eigenvalue weighted by atomic mass is 79.9. The summed E-state index contributed by atoms with van der Waals surface area (Å²) in [4.78, 5) is 0. The Hall–Kier alpha value is -1.03. The molecule has 0 heterocycles. The van der Waals surface area contributed by atoms with Crippen molar-refractivity contribution in [2.45, 2.75) is 13.0 Å². The molecule has 100 valence electrons. The molecule has 0 fully saturated rings. The molecular formula is C15H15BrClNO. The highest BCUT2D eigenvalue weighted by Crippen LogP contribution is 2.34. The van der Waals surface area contributed by atoms with Gasteiger partial charge in [-0.3, -0.25) is 0 Å². The lowest BCUT2D eigenvalue weighted by Crippen LogP contribution is -2.14. The molecule has 1 unspecified atom stereocenters. The highest BCUT2D eigenvalue weighted by molar-refractivity contribution is 9.10. The Morgan fingerprint density at radius 3 is 2.63 bits per heavy atom. The van der Waals surface area contributed by atoms with Gasteiger partial charge in [0, 0.05) is 15.1 Å². The van der Waals surface area contributed by atoms with Crippen LogP contribution in [0.15, 0.2) is 40.9 Å². The number of benzene rings is 2. The number of methoxy groups -OCH3 is 1. The standard InChI is InChI=1S/C15H15BrClNO/c1-9-4-3-5-11(14(9)16)15(18)12-8-10(17)6-7-13(12)19-2/h3-8,15H,18H2,1-2H3. The van der Waals surface area contributed by atoms with Crippen LogP contribution in [0, 0.1) is 6.92 Å². The average molecular weight is 341 g/mol. The second-order valence-corrected chi connectivity index (χ2v) is 5.57. The van der Waals surface area contributed by atoms with Gasteiger partial charge in [-0.05, 0) is 36.2 Å². The highest BCUT2D eigenvalue weighted by Gasteiger charge is 2.17. The van der Waals surface area contributed by atoms with Crippen LogP contribution in [0.4, 0.5) is 0 Å². The lowest BCUT2D eigenvalue weighted by atomic mass is 9.97. The predicted molar refractivity (Wildman–Crippen MR) is 82.9 cm³/mol. The molecule has 19 heavy (non-hydrogen) atoms. The number of aryl methyl sites for hydroxylation is 1. The van der Waals surface area contributed by atoms with Gasteiger partial charge in [0.1, 0.15) is 5.75 Å². The molecule has 4 heteroatoms. The molecule has 0 amide bonds. The van der Waals surface area contributed by atoms with Gasteiger partial charge in [0.25, 0.3) is 0 Å². The molecule has 2 rings (SSSR count). The van der Waals surface area contributed by atoms with Crippen molar-refractivity contribution in [1.29, 1.82) is 0 Å².